The molecule has 76 valence electrons. The van der Waals surface area contributed by atoms with Crippen LogP contribution in [0.3, 0.4) is 0 Å². The van der Waals surface area contributed by atoms with Gasteiger partial charge in [0.25, 0.3) is 0 Å². The molecule has 0 aliphatic heterocycles. The maximum absolute atomic E-state index is 11.0. The summed E-state index contributed by atoms with van der Waals surface area (Å²) >= 11 is 5.75. The van der Waals surface area contributed by atoms with E-state index in [1.54, 1.807) is 19.2 Å². The van der Waals surface area contributed by atoms with E-state index in [1.807, 2.05) is 19.1 Å². The molecular formula is C10H13ClN2O. The molecule has 4 heteroatoms. The summed E-state index contributed by atoms with van der Waals surface area (Å²) in [6, 6.07) is 7.18. The lowest BCUT2D eigenvalue weighted by Crippen LogP contribution is -2.34. The highest BCUT2D eigenvalue weighted by molar-refractivity contribution is 6.30. The molecule has 0 spiro atoms. The van der Waals surface area contributed by atoms with E-state index in [0.717, 1.165) is 5.56 Å². The summed E-state index contributed by atoms with van der Waals surface area (Å²) in [6.07, 6.45) is 0. The van der Waals surface area contributed by atoms with Crippen molar-refractivity contribution < 1.29 is 4.79 Å². The third-order valence-corrected chi connectivity index (χ3v) is 2.20. The summed E-state index contributed by atoms with van der Waals surface area (Å²) in [5.41, 5.74) is 1.03. The first-order valence-corrected chi connectivity index (χ1v) is 4.75. The van der Waals surface area contributed by atoms with Crippen LogP contribution in [-0.2, 0) is 0 Å². The first-order chi connectivity index (χ1) is 6.63. The van der Waals surface area contributed by atoms with Crippen molar-refractivity contribution in [2.45, 2.75) is 13.0 Å². The molecule has 2 N–H and O–H groups in total. The van der Waals surface area contributed by atoms with E-state index in [2.05, 4.69) is 10.6 Å². The van der Waals surface area contributed by atoms with Gasteiger partial charge in [0.05, 0.1) is 6.04 Å². The zero-order valence-corrected chi connectivity index (χ0v) is 8.93. The summed E-state index contributed by atoms with van der Waals surface area (Å²) in [5, 5.41) is 5.97. The number of carbonyl (C=O) groups is 1. The Bertz CT molecular complexity index is 310. The molecule has 1 aromatic rings. The number of hydrogen-bond donors (Lipinski definition) is 2. The Morgan fingerprint density at radius 2 is 1.93 bits per heavy atom. The molecule has 2 amide bonds. The second kappa shape index (κ2) is 4.86. The number of nitrogens with one attached hydrogen (secondary N) is 2. The second-order valence-corrected chi connectivity index (χ2v) is 3.43. The molecule has 0 aromatic heterocycles. The van der Waals surface area contributed by atoms with Crippen LogP contribution < -0.4 is 10.6 Å². The Morgan fingerprint density at radius 1 is 1.36 bits per heavy atom. The van der Waals surface area contributed by atoms with Crippen LogP contribution in [0.25, 0.3) is 0 Å². The minimum atomic E-state index is -0.188. The van der Waals surface area contributed by atoms with Gasteiger partial charge < -0.3 is 10.6 Å². The van der Waals surface area contributed by atoms with E-state index < -0.39 is 0 Å². The molecule has 0 aliphatic carbocycles. The van der Waals surface area contributed by atoms with Crippen molar-refractivity contribution in [2.75, 3.05) is 7.05 Å². The first kappa shape index (κ1) is 10.9. The lowest BCUT2D eigenvalue weighted by atomic mass is 10.1. The molecule has 0 saturated carbocycles. The van der Waals surface area contributed by atoms with Gasteiger partial charge in [-0.1, -0.05) is 23.7 Å². The van der Waals surface area contributed by atoms with Gasteiger partial charge in [-0.3, -0.25) is 0 Å². The zero-order chi connectivity index (χ0) is 10.6. The molecule has 3 nitrogen and oxygen atoms in total. The lowest BCUT2D eigenvalue weighted by molar-refractivity contribution is 0.240. The van der Waals surface area contributed by atoms with Crippen LogP contribution in [0.15, 0.2) is 24.3 Å². The Labute approximate surface area is 88.5 Å². The molecule has 14 heavy (non-hydrogen) atoms. The smallest absolute Gasteiger partial charge is 0.315 e. The van der Waals surface area contributed by atoms with Gasteiger partial charge in [-0.15, -0.1) is 0 Å². The highest BCUT2D eigenvalue weighted by Crippen LogP contribution is 2.15. The standard InChI is InChI=1S/C10H13ClN2O/c1-7(13-10(14)12-2)8-3-5-9(11)6-4-8/h3-7H,1-2H3,(H2,12,13,14). The monoisotopic (exact) mass is 212 g/mol. The van der Waals surface area contributed by atoms with Gasteiger partial charge in [0.2, 0.25) is 0 Å². The van der Waals surface area contributed by atoms with Crippen molar-refractivity contribution >= 4 is 17.6 Å². The van der Waals surface area contributed by atoms with Crippen molar-refractivity contribution in [3.8, 4) is 0 Å². The average molecular weight is 213 g/mol. The number of rotatable bonds is 2. The van der Waals surface area contributed by atoms with Gasteiger partial charge in [0, 0.05) is 12.1 Å². The van der Waals surface area contributed by atoms with Gasteiger partial charge in [0.1, 0.15) is 0 Å². The molecule has 1 atom stereocenters. The van der Waals surface area contributed by atoms with Gasteiger partial charge in [-0.2, -0.15) is 0 Å². The fraction of sp³-hybridized carbons (Fsp3) is 0.300. The van der Waals surface area contributed by atoms with E-state index in [-0.39, 0.29) is 12.1 Å². The van der Waals surface area contributed by atoms with Crippen LogP contribution in [0.2, 0.25) is 5.02 Å². The Balaban J connectivity index is 2.65. The van der Waals surface area contributed by atoms with Gasteiger partial charge in [-0.05, 0) is 24.6 Å². The first-order valence-electron chi connectivity index (χ1n) is 4.37. The number of urea groups is 1. The Kier molecular flexibility index (Phi) is 3.77. The van der Waals surface area contributed by atoms with Crippen LogP contribution in [0.5, 0.6) is 0 Å². The normalized spacial score (nSPS) is 11.9. The quantitative estimate of drug-likeness (QED) is 0.776. The highest BCUT2D eigenvalue weighted by atomic mass is 35.5. The molecule has 1 aromatic carbocycles. The molecule has 1 rings (SSSR count). The van der Waals surface area contributed by atoms with Crippen molar-refractivity contribution in [2.24, 2.45) is 0 Å². The summed E-state index contributed by atoms with van der Waals surface area (Å²) < 4.78 is 0. The van der Waals surface area contributed by atoms with Crippen LogP contribution in [0, 0.1) is 0 Å². The fourth-order valence-corrected chi connectivity index (χ4v) is 1.23. The van der Waals surface area contributed by atoms with E-state index >= 15 is 0 Å². The van der Waals surface area contributed by atoms with Crippen LogP contribution in [-0.4, -0.2) is 13.1 Å². The second-order valence-electron chi connectivity index (χ2n) is 3.00. The van der Waals surface area contributed by atoms with Gasteiger partial charge >= 0.3 is 6.03 Å². The maximum Gasteiger partial charge on any atom is 0.315 e. The Hall–Kier alpha value is -1.22. The lowest BCUT2D eigenvalue weighted by Gasteiger charge is -2.13. The van der Waals surface area contributed by atoms with E-state index in [9.17, 15) is 4.79 Å². The topological polar surface area (TPSA) is 41.1 Å². The number of carbonyl (C=O) groups excluding carboxylic acids is 1. The third-order valence-electron chi connectivity index (χ3n) is 1.94. The highest BCUT2D eigenvalue weighted by Gasteiger charge is 2.06. The molecule has 1 unspecified atom stereocenters. The number of amides is 2. The average Bonchev–Trinajstić information content (AvgIpc) is 2.18. The van der Waals surface area contributed by atoms with Gasteiger partial charge in [-0.25, -0.2) is 4.79 Å². The molecule has 0 saturated heterocycles. The summed E-state index contributed by atoms with van der Waals surface area (Å²) in [7, 11) is 1.59. The minimum Gasteiger partial charge on any atom is -0.341 e. The van der Waals surface area contributed by atoms with E-state index in [0.29, 0.717) is 5.02 Å². The zero-order valence-electron chi connectivity index (χ0n) is 8.17. The number of halogens is 1. The predicted molar refractivity (Wildman–Crippen MR) is 57.5 cm³/mol. The molecular weight excluding hydrogens is 200 g/mol. The van der Waals surface area contributed by atoms with E-state index in [1.165, 1.54) is 0 Å². The molecule has 0 radical (unpaired) electrons. The minimum absolute atomic E-state index is 0.0211. The van der Waals surface area contributed by atoms with Crippen LogP contribution >= 0.6 is 11.6 Å². The predicted octanol–water partition coefficient (Wildman–Crippen LogP) is 2.33. The number of benzene rings is 1. The van der Waals surface area contributed by atoms with Crippen molar-refractivity contribution in [1.29, 1.82) is 0 Å². The Morgan fingerprint density at radius 3 is 2.43 bits per heavy atom. The fourth-order valence-electron chi connectivity index (χ4n) is 1.10. The van der Waals surface area contributed by atoms with Gasteiger partial charge in [0.15, 0.2) is 0 Å². The molecule has 0 aliphatic rings. The SMILES string of the molecule is CNC(=O)NC(C)c1ccc(Cl)cc1. The summed E-state index contributed by atoms with van der Waals surface area (Å²) in [6.45, 7) is 1.92. The number of hydrogen-bond acceptors (Lipinski definition) is 1. The van der Waals surface area contributed by atoms with E-state index in [4.69, 9.17) is 11.6 Å². The molecule has 0 heterocycles. The van der Waals surface area contributed by atoms with Crippen LogP contribution in [0.4, 0.5) is 4.79 Å². The van der Waals surface area contributed by atoms with Crippen molar-refractivity contribution in [3.63, 3.8) is 0 Å². The van der Waals surface area contributed by atoms with Crippen molar-refractivity contribution in [3.05, 3.63) is 34.9 Å². The molecule has 0 bridgehead atoms. The maximum atomic E-state index is 11.0. The van der Waals surface area contributed by atoms with Crippen molar-refractivity contribution in [1.82, 2.24) is 10.6 Å². The third kappa shape index (κ3) is 2.92. The summed E-state index contributed by atoms with van der Waals surface area (Å²) in [4.78, 5) is 11.0. The molecule has 0 fully saturated rings. The summed E-state index contributed by atoms with van der Waals surface area (Å²) in [5.74, 6) is 0. The largest absolute Gasteiger partial charge is 0.341 e. The van der Waals surface area contributed by atoms with Crippen LogP contribution in [0.1, 0.15) is 18.5 Å².